The maximum absolute atomic E-state index is 5.86. The summed E-state index contributed by atoms with van der Waals surface area (Å²) in [7, 11) is 0. The molecule has 2 aromatic rings. The number of piperazine rings is 1. The number of rotatable bonds is 7. The highest BCUT2D eigenvalue weighted by molar-refractivity contribution is 5.46. The van der Waals surface area contributed by atoms with E-state index in [0.29, 0.717) is 0 Å². The van der Waals surface area contributed by atoms with Gasteiger partial charge in [-0.2, -0.15) is 0 Å². The molecule has 162 valence electrons. The highest BCUT2D eigenvalue weighted by atomic mass is 16.5. The average molecular weight is 407 g/mol. The van der Waals surface area contributed by atoms with Crippen molar-refractivity contribution in [1.29, 1.82) is 0 Å². The quantitative estimate of drug-likeness (QED) is 0.583. The molecule has 1 aliphatic heterocycles. The van der Waals surface area contributed by atoms with Crippen molar-refractivity contribution in [3.05, 3.63) is 60.2 Å². The van der Waals surface area contributed by atoms with Gasteiger partial charge < -0.3 is 9.64 Å². The molecule has 3 nitrogen and oxygen atoms in total. The predicted molar refractivity (Wildman–Crippen MR) is 127 cm³/mol. The summed E-state index contributed by atoms with van der Waals surface area (Å²) >= 11 is 0. The zero-order valence-electron chi connectivity index (χ0n) is 18.9. The lowest BCUT2D eigenvalue weighted by Crippen LogP contribution is -2.51. The first-order chi connectivity index (χ1) is 14.7. The molecule has 0 aromatic heterocycles. The maximum atomic E-state index is 5.86. The minimum absolute atomic E-state index is 0.272. The van der Waals surface area contributed by atoms with Gasteiger partial charge in [-0.15, -0.1) is 0 Å². The molecule has 0 spiro atoms. The molecule has 4 rings (SSSR count). The predicted octanol–water partition coefficient (Wildman–Crippen LogP) is 5.75. The topological polar surface area (TPSA) is 15.7 Å². The monoisotopic (exact) mass is 406 g/mol. The van der Waals surface area contributed by atoms with Crippen LogP contribution in [0.15, 0.2) is 54.6 Å². The van der Waals surface area contributed by atoms with E-state index in [9.17, 15) is 0 Å². The van der Waals surface area contributed by atoms with Gasteiger partial charge in [0.1, 0.15) is 5.75 Å². The fraction of sp³-hybridized carbons (Fsp3) is 0.556. The van der Waals surface area contributed by atoms with Crippen LogP contribution in [-0.2, 0) is 5.41 Å². The SMILES string of the molecule is CCOc1cccc(C2(CN3CCN(c4ccccc4)CC3)CCC(CC)CC2)c1. The van der Waals surface area contributed by atoms with Crippen LogP contribution in [0.1, 0.15) is 51.5 Å². The van der Waals surface area contributed by atoms with Gasteiger partial charge in [0.15, 0.2) is 0 Å². The van der Waals surface area contributed by atoms with Gasteiger partial charge >= 0.3 is 0 Å². The van der Waals surface area contributed by atoms with E-state index < -0.39 is 0 Å². The average Bonchev–Trinajstić information content (AvgIpc) is 2.81. The maximum Gasteiger partial charge on any atom is 0.119 e. The zero-order valence-corrected chi connectivity index (χ0v) is 18.9. The molecule has 1 saturated carbocycles. The van der Waals surface area contributed by atoms with E-state index in [-0.39, 0.29) is 5.41 Å². The first-order valence-corrected chi connectivity index (χ1v) is 12.0. The number of anilines is 1. The highest BCUT2D eigenvalue weighted by Gasteiger charge is 2.38. The standard InChI is InChI=1S/C27H38N2O/c1-3-23-13-15-27(16-14-23,24-9-8-12-26(21-24)30-4-2)22-28-17-19-29(20-18-28)25-10-6-5-7-11-25/h5-12,21,23H,3-4,13-20,22H2,1-2H3. The van der Waals surface area contributed by atoms with Gasteiger partial charge in [0, 0.05) is 43.8 Å². The Hall–Kier alpha value is -2.00. The van der Waals surface area contributed by atoms with Crippen LogP contribution in [0.5, 0.6) is 5.75 Å². The molecule has 1 aliphatic carbocycles. The number of hydrogen-bond acceptors (Lipinski definition) is 3. The molecule has 2 aliphatic rings. The van der Waals surface area contributed by atoms with E-state index in [0.717, 1.165) is 44.5 Å². The molecule has 0 amide bonds. The molecule has 1 heterocycles. The Morgan fingerprint density at radius 1 is 0.900 bits per heavy atom. The van der Waals surface area contributed by atoms with Gasteiger partial charge in [0.25, 0.3) is 0 Å². The first kappa shape index (κ1) is 21.2. The van der Waals surface area contributed by atoms with Gasteiger partial charge in [-0.3, -0.25) is 4.90 Å². The third-order valence-corrected chi connectivity index (χ3v) is 7.42. The van der Waals surface area contributed by atoms with Crippen molar-refractivity contribution in [3.63, 3.8) is 0 Å². The summed E-state index contributed by atoms with van der Waals surface area (Å²) in [6.45, 7) is 10.9. The second kappa shape index (κ2) is 9.87. The summed E-state index contributed by atoms with van der Waals surface area (Å²) in [4.78, 5) is 5.26. The van der Waals surface area contributed by atoms with Crippen LogP contribution in [0.4, 0.5) is 5.69 Å². The van der Waals surface area contributed by atoms with Crippen LogP contribution < -0.4 is 9.64 Å². The van der Waals surface area contributed by atoms with E-state index in [1.54, 1.807) is 0 Å². The number of ether oxygens (including phenoxy) is 1. The van der Waals surface area contributed by atoms with Crippen LogP contribution >= 0.6 is 0 Å². The van der Waals surface area contributed by atoms with Crippen LogP contribution in [0.3, 0.4) is 0 Å². The minimum Gasteiger partial charge on any atom is -0.494 e. The second-order valence-corrected chi connectivity index (χ2v) is 9.19. The van der Waals surface area contributed by atoms with Crippen molar-refractivity contribution < 1.29 is 4.74 Å². The van der Waals surface area contributed by atoms with E-state index in [1.807, 2.05) is 0 Å². The Labute approximate surface area is 183 Å². The lowest BCUT2D eigenvalue weighted by Gasteiger charge is -2.46. The molecule has 0 radical (unpaired) electrons. The molecular formula is C27H38N2O. The van der Waals surface area contributed by atoms with E-state index in [2.05, 4.69) is 78.2 Å². The fourth-order valence-electron chi connectivity index (χ4n) is 5.49. The van der Waals surface area contributed by atoms with E-state index >= 15 is 0 Å². The molecule has 0 bridgehead atoms. The molecular weight excluding hydrogens is 368 g/mol. The number of benzene rings is 2. The minimum atomic E-state index is 0.272. The van der Waals surface area contributed by atoms with Gasteiger partial charge in [-0.25, -0.2) is 0 Å². The van der Waals surface area contributed by atoms with Crippen LogP contribution in [0.25, 0.3) is 0 Å². The Bertz CT molecular complexity index is 774. The van der Waals surface area contributed by atoms with E-state index in [4.69, 9.17) is 4.74 Å². The summed E-state index contributed by atoms with van der Waals surface area (Å²) in [5, 5.41) is 0. The largest absolute Gasteiger partial charge is 0.494 e. The molecule has 1 saturated heterocycles. The van der Waals surface area contributed by atoms with E-state index in [1.165, 1.54) is 49.9 Å². The summed E-state index contributed by atoms with van der Waals surface area (Å²) in [5.74, 6) is 1.93. The Balaban J connectivity index is 1.48. The van der Waals surface area contributed by atoms with Crippen molar-refractivity contribution in [1.82, 2.24) is 4.90 Å². The summed E-state index contributed by atoms with van der Waals surface area (Å²) < 4.78 is 5.86. The molecule has 0 unspecified atom stereocenters. The summed E-state index contributed by atoms with van der Waals surface area (Å²) in [5.41, 5.74) is 3.13. The Kier molecular flexibility index (Phi) is 6.99. The second-order valence-electron chi connectivity index (χ2n) is 9.19. The lowest BCUT2D eigenvalue weighted by molar-refractivity contribution is 0.140. The Morgan fingerprint density at radius 2 is 1.63 bits per heavy atom. The van der Waals surface area contributed by atoms with Crippen molar-refractivity contribution in [2.24, 2.45) is 5.92 Å². The highest BCUT2D eigenvalue weighted by Crippen LogP contribution is 2.44. The van der Waals surface area contributed by atoms with Crippen molar-refractivity contribution in [3.8, 4) is 5.75 Å². The molecule has 3 heteroatoms. The number of para-hydroxylation sites is 1. The normalized spacial score (nSPS) is 25.3. The zero-order chi connectivity index (χ0) is 20.8. The molecule has 2 aromatic carbocycles. The van der Waals surface area contributed by atoms with Crippen LogP contribution in [0, 0.1) is 5.92 Å². The van der Waals surface area contributed by atoms with Gasteiger partial charge in [-0.1, -0.05) is 43.7 Å². The molecule has 2 fully saturated rings. The molecule has 30 heavy (non-hydrogen) atoms. The smallest absolute Gasteiger partial charge is 0.119 e. The van der Waals surface area contributed by atoms with Crippen molar-refractivity contribution in [2.75, 3.05) is 44.2 Å². The van der Waals surface area contributed by atoms with Gasteiger partial charge in [0.2, 0.25) is 0 Å². The number of hydrogen-bond donors (Lipinski definition) is 0. The van der Waals surface area contributed by atoms with Crippen molar-refractivity contribution in [2.45, 2.75) is 51.4 Å². The Morgan fingerprint density at radius 3 is 2.30 bits per heavy atom. The lowest BCUT2D eigenvalue weighted by atomic mass is 9.66. The third kappa shape index (κ3) is 4.83. The molecule has 0 atom stereocenters. The molecule has 0 N–H and O–H groups in total. The van der Waals surface area contributed by atoms with Gasteiger partial charge in [0.05, 0.1) is 6.61 Å². The third-order valence-electron chi connectivity index (χ3n) is 7.42. The summed E-state index contributed by atoms with van der Waals surface area (Å²) in [6.07, 6.45) is 6.66. The van der Waals surface area contributed by atoms with Crippen LogP contribution in [-0.4, -0.2) is 44.2 Å². The first-order valence-electron chi connectivity index (χ1n) is 12.0. The summed E-state index contributed by atoms with van der Waals surface area (Å²) in [6, 6.07) is 19.9. The van der Waals surface area contributed by atoms with Crippen LogP contribution in [0.2, 0.25) is 0 Å². The van der Waals surface area contributed by atoms with Gasteiger partial charge in [-0.05, 0) is 68.4 Å². The van der Waals surface area contributed by atoms with Crippen molar-refractivity contribution >= 4 is 5.69 Å². The number of nitrogens with zero attached hydrogens (tertiary/aromatic N) is 2. The fourth-order valence-corrected chi connectivity index (χ4v) is 5.49.